The van der Waals surface area contributed by atoms with E-state index < -0.39 is 16.8 Å². The molecule has 0 aliphatic rings. The molecule has 0 heterocycles. The van der Waals surface area contributed by atoms with Crippen LogP contribution in [0.15, 0.2) is 54.8 Å². The third-order valence-corrected chi connectivity index (χ3v) is 4.23. The van der Waals surface area contributed by atoms with Crippen molar-refractivity contribution in [2.45, 2.75) is 13.1 Å². The lowest BCUT2D eigenvalue weighted by molar-refractivity contribution is -0.137. The molecular weight excluding hydrogens is 391 g/mol. The van der Waals surface area contributed by atoms with Crippen LogP contribution in [-0.4, -0.2) is 17.3 Å². The summed E-state index contributed by atoms with van der Waals surface area (Å²) in [5.74, 6) is 5.59. The second kappa shape index (κ2) is 8.90. The number of nitrogens with two attached hydrogens (primary N) is 1. The molecule has 3 N–H and O–H groups in total. The smallest absolute Gasteiger partial charge is 0.416 e. The highest BCUT2D eigenvalue weighted by molar-refractivity contribution is 7.81. The summed E-state index contributed by atoms with van der Waals surface area (Å²) in [7, 11) is 1.39. The van der Waals surface area contributed by atoms with Crippen molar-refractivity contribution < 1.29 is 27.9 Å². The van der Waals surface area contributed by atoms with Gasteiger partial charge in [-0.1, -0.05) is 36.4 Å². The third-order valence-electron chi connectivity index (χ3n) is 4.01. The first-order valence-electron chi connectivity index (χ1n) is 8.02. The Morgan fingerprint density at radius 1 is 1.11 bits per heavy atom. The van der Waals surface area contributed by atoms with Crippen LogP contribution in [0.2, 0.25) is 0 Å². The van der Waals surface area contributed by atoms with Crippen LogP contribution in [0.5, 0.6) is 0 Å². The molecule has 0 atom stereocenters. The summed E-state index contributed by atoms with van der Waals surface area (Å²) in [4.78, 5) is 5.03. The molecule has 0 saturated heterocycles. The average Bonchev–Trinajstić information content (AvgIpc) is 2.66. The van der Waals surface area contributed by atoms with Crippen molar-refractivity contribution in [2.75, 3.05) is 7.11 Å². The lowest BCUT2D eigenvalue weighted by Crippen LogP contribution is -2.08. The molecule has 2 aromatic carbocycles. The van der Waals surface area contributed by atoms with Gasteiger partial charge in [0.15, 0.2) is 10.8 Å². The molecule has 2 aromatic rings. The fourth-order valence-electron chi connectivity index (χ4n) is 2.68. The summed E-state index contributed by atoms with van der Waals surface area (Å²) in [5.41, 5.74) is 0.962. The number of ether oxygens (including phenoxy) is 1. The molecule has 4 nitrogen and oxygen atoms in total. The van der Waals surface area contributed by atoms with Crippen molar-refractivity contribution in [3.05, 3.63) is 77.0 Å². The van der Waals surface area contributed by atoms with E-state index in [1.54, 1.807) is 31.2 Å². The van der Waals surface area contributed by atoms with E-state index in [4.69, 9.17) is 27.7 Å². The number of hydrogen-bond donors (Lipinski definition) is 2. The zero-order valence-corrected chi connectivity index (χ0v) is 15.9. The molecule has 8 heteroatoms. The van der Waals surface area contributed by atoms with Crippen molar-refractivity contribution in [3.63, 3.8) is 0 Å². The third kappa shape index (κ3) is 4.71. The molecule has 0 bridgehead atoms. The molecule has 0 aliphatic heterocycles. The van der Waals surface area contributed by atoms with Gasteiger partial charge in [-0.25, -0.2) is 0 Å². The highest BCUT2D eigenvalue weighted by Crippen LogP contribution is 2.35. The molecule has 0 aromatic heterocycles. The molecular formula is C20H18F3NO3S. The number of rotatable bonds is 6. The Bertz CT molecular complexity index is 936. The van der Waals surface area contributed by atoms with E-state index in [1.165, 1.54) is 25.5 Å². The van der Waals surface area contributed by atoms with Crippen LogP contribution in [0.3, 0.4) is 0 Å². The van der Waals surface area contributed by atoms with Gasteiger partial charge in [0.2, 0.25) is 0 Å². The minimum Gasteiger partial charge on any atom is -0.504 e. The Morgan fingerprint density at radius 3 is 2.29 bits per heavy atom. The number of aliphatic hydroxyl groups is 1. The largest absolute Gasteiger partial charge is 0.504 e. The van der Waals surface area contributed by atoms with E-state index in [2.05, 4.69) is 0 Å². The minimum atomic E-state index is -4.48. The number of alkyl halides is 3. The SMILES string of the molecule is COC=C(C(O)=S)c1ccccc1C(ON)=C(C)c1cccc(C(F)(F)F)c1. The van der Waals surface area contributed by atoms with Crippen molar-refractivity contribution in [2.24, 2.45) is 5.90 Å². The fraction of sp³-hybridized carbons (Fsp3) is 0.150. The van der Waals surface area contributed by atoms with Crippen molar-refractivity contribution in [1.29, 1.82) is 0 Å². The Labute approximate surface area is 165 Å². The molecule has 28 heavy (non-hydrogen) atoms. The summed E-state index contributed by atoms with van der Waals surface area (Å²) in [6, 6.07) is 11.5. The summed E-state index contributed by atoms with van der Waals surface area (Å²) in [6.45, 7) is 1.59. The molecule has 0 amide bonds. The molecule has 0 radical (unpaired) electrons. The number of aliphatic hydroxyl groups excluding tert-OH is 1. The summed E-state index contributed by atoms with van der Waals surface area (Å²) in [6.07, 6.45) is -3.22. The van der Waals surface area contributed by atoms with Gasteiger partial charge in [0.1, 0.15) is 0 Å². The van der Waals surface area contributed by atoms with E-state index in [0.29, 0.717) is 16.7 Å². The lowest BCUT2D eigenvalue weighted by atomic mass is 9.95. The molecule has 0 saturated carbocycles. The molecule has 0 aliphatic carbocycles. The minimum absolute atomic E-state index is 0.133. The molecule has 0 spiro atoms. The van der Waals surface area contributed by atoms with Gasteiger partial charge in [0, 0.05) is 16.7 Å². The van der Waals surface area contributed by atoms with E-state index in [0.717, 1.165) is 12.1 Å². The first-order valence-corrected chi connectivity index (χ1v) is 8.42. The zero-order valence-electron chi connectivity index (χ0n) is 15.1. The summed E-state index contributed by atoms with van der Waals surface area (Å²) < 4.78 is 44.1. The van der Waals surface area contributed by atoms with E-state index in [1.807, 2.05) is 0 Å². The normalized spacial score (nSPS) is 13.0. The van der Waals surface area contributed by atoms with Gasteiger partial charge in [-0.15, -0.1) is 0 Å². The predicted molar refractivity (Wildman–Crippen MR) is 106 cm³/mol. The van der Waals surface area contributed by atoms with Crippen molar-refractivity contribution in [1.82, 2.24) is 0 Å². The van der Waals surface area contributed by atoms with Crippen LogP contribution in [-0.2, 0) is 15.8 Å². The quantitative estimate of drug-likeness (QED) is 0.221. The van der Waals surface area contributed by atoms with Crippen LogP contribution < -0.4 is 5.90 Å². The second-order valence-electron chi connectivity index (χ2n) is 5.77. The van der Waals surface area contributed by atoms with Gasteiger partial charge in [-0.3, -0.25) is 0 Å². The van der Waals surface area contributed by atoms with Gasteiger partial charge in [-0.05, 0) is 36.8 Å². The fourth-order valence-corrected chi connectivity index (χ4v) is 2.83. The number of allylic oxidation sites excluding steroid dienone is 1. The van der Waals surface area contributed by atoms with Crippen LogP contribution in [0.4, 0.5) is 13.2 Å². The Balaban J connectivity index is 2.69. The highest BCUT2D eigenvalue weighted by atomic mass is 32.1. The van der Waals surface area contributed by atoms with Crippen molar-refractivity contribution >= 4 is 34.2 Å². The predicted octanol–water partition coefficient (Wildman–Crippen LogP) is 5.36. The monoisotopic (exact) mass is 409 g/mol. The molecule has 2 rings (SSSR count). The number of halogens is 3. The molecule has 0 fully saturated rings. The van der Waals surface area contributed by atoms with Crippen LogP contribution in [0.25, 0.3) is 16.9 Å². The van der Waals surface area contributed by atoms with Gasteiger partial charge in [0.05, 0.1) is 24.5 Å². The van der Waals surface area contributed by atoms with Gasteiger partial charge >= 0.3 is 6.18 Å². The summed E-state index contributed by atoms with van der Waals surface area (Å²) >= 11 is 4.86. The maximum Gasteiger partial charge on any atom is 0.416 e. The second-order valence-corrected chi connectivity index (χ2v) is 6.16. The zero-order chi connectivity index (χ0) is 20.9. The van der Waals surface area contributed by atoms with Crippen LogP contribution in [0.1, 0.15) is 29.2 Å². The van der Waals surface area contributed by atoms with E-state index >= 15 is 0 Å². The maximum absolute atomic E-state index is 13.0. The average molecular weight is 409 g/mol. The Kier molecular flexibility index (Phi) is 6.82. The lowest BCUT2D eigenvalue weighted by Gasteiger charge is -2.16. The Morgan fingerprint density at radius 2 is 1.75 bits per heavy atom. The van der Waals surface area contributed by atoms with Gasteiger partial charge in [-0.2, -0.15) is 19.1 Å². The van der Waals surface area contributed by atoms with E-state index in [9.17, 15) is 18.3 Å². The number of hydrogen-bond acceptors (Lipinski definition) is 4. The van der Waals surface area contributed by atoms with Crippen molar-refractivity contribution in [3.8, 4) is 0 Å². The standard InChI is InChI=1S/C20H18F3NO3S/c1-12(13-6-5-7-14(10-13)20(21,22)23)18(27-24)16-9-4-3-8-15(16)17(11-26-2)19(25)28/h3-11H,24H2,1-2H3,(H,25,28). The highest BCUT2D eigenvalue weighted by Gasteiger charge is 2.30. The summed E-state index contributed by atoms with van der Waals surface area (Å²) in [5, 5.41) is 9.41. The number of methoxy groups -OCH3 is 1. The number of thiocarbonyl (C=S) groups is 1. The van der Waals surface area contributed by atoms with Crippen LogP contribution in [0, 0.1) is 0 Å². The van der Waals surface area contributed by atoms with Gasteiger partial charge in [0.25, 0.3) is 0 Å². The molecule has 148 valence electrons. The maximum atomic E-state index is 13.0. The molecule has 0 unspecified atom stereocenters. The Hall–Kier alpha value is -2.84. The first-order chi connectivity index (χ1) is 13.2. The van der Waals surface area contributed by atoms with Gasteiger partial charge < -0.3 is 14.7 Å². The first kappa shape index (κ1) is 21.5. The topological polar surface area (TPSA) is 64.7 Å². The van der Waals surface area contributed by atoms with Crippen LogP contribution >= 0.6 is 12.2 Å². The number of benzene rings is 2. The van der Waals surface area contributed by atoms with E-state index in [-0.39, 0.29) is 16.9 Å².